The maximum Gasteiger partial charge on any atom is 0.415 e. The first kappa shape index (κ1) is 22.9. The predicted octanol–water partition coefficient (Wildman–Crippen LogP) is 3.71. The van der Waals surface area contributed by atoms with Crippen LogP contribution < -0.4 is 14.5 Å². The van der Waals surface area contributed by atoms with E-state index >= 15 is 4.39 Å². The summed E-state index contributed by atoms with van der Waals surface area (Å²) in [5, 5.41) is 0. The normalized spacial score (nSPS) is 27.3. The third kappa shape index (κ3) is 3.93. The van der Waals surface area contributed by atoms with Crippen molar-refractivity contribution in [3.05, 3.63) is 47.8 Å². The van der Waals surface area contributed by atoms with Crippen molar-refractivity contribution in [3.63, 3.8) is 0 Å². The van der Waals surface area contributed by atoms with E-state index in [1.165, 1.54) is 23.1 Å². The molecule has 0 saturated carbocycles. The molecule has 2 bridgehead atoms. The van der Waals surface area contributed by atoms with Crippen molar-refractivity contribution in [2.45, 2.75) is 48.9 Å². The van der Waals surface area contributed by atoms with Crippen LogP contribution in [0.2, 0.25) is 0 Å². The van der Waals surface area contributed by atoms with Crippen LogP contribution in [0.3, 0.4) is 0 Å². The summed E-state index contributed by atoms with van der Waals surface area (Å²) >= 11 is 1.91. The molecule has 11 heteroatoms. The highest BCUT2D eigenvalue weighted by Gasteiger charge is 2.48. The number of hydrogen-bond donors (Lipinski definition) is 0. The summed E-state index contributed by atoms with van der Waals surface area (Å²) in [6.45, 7) is 1.58. The highest BCUT2D eigenvalue weighted by atomic mass is 32.2. The lowest BCUT2D eigenvalue weighted by molar-refractivity contribution is 0.0840. The van der Waals surface area contributed by atoms with Crippen LogP contribution in [-0.2, 0) is 19.0 Å². The predicted molar refractivity (Wildman–Crippen MR) is 129 cm³/mol. The minimum absolute atomic E-state index is 0.0224. The fourth-order valence-electron chi connectivity index (χ4n) is 5.33. The van der Waals surface area contributed by atoms with Gasteiger partial charge >= 0.3 is 6.09 Å². The van der Waals surface area contributed by atoms with E-state index in [0.717, 1.165) is 29.9 Å². The SMILES string of the molecule is Cc1ccc(S(=O)(=O)OC[C@@H]2OC(=O)N3c4cc(F)c(N5[C@@H]6CC[C@H]5CSC6)cc4OC[C@@H]23)cc1. The molecule has 0 aliphatic carbocycles. The molecular weight excluding hydrogens is 495 g/mol. The van der Waals surface area contributed by atoms with Crippen LogP contribution in [0.15, 0.2) is 41.3 Å². The van der Waals surface area contributed by atoms with Gasteiger partial charge in [0.05, 0.1) is 16.3 Å². The van der Waals surface area contributed by atoms with Gasteiger partial charge in [-0.15, -0.1) is 0 Å². The zero-order chi connectivity index (χ0) is 24.3. The van der Waals surface area contributed by atoms with E-state index in [2.05, 4.69) is 4.90 Å². The molecule has 0 radical (unpaired) electrons. The number of aryl methyl sites for hydroxylation is 1. The number of amides is 1. The molecule has 3 saturated heterocycles. The van der Waals surface area contributed by atoms with Gasteiger partial charge in [0.2, 0.25) is 0 Å². The Balaban J connectivity index is 1.22. The minimum atomic E-state index is -4.03. The fraction of sp³-hybridized carbons (Fsp3) is 0.458. The standard InChI is InChI=1S/C24H25FN2O6S2/c1-14-2-6-17(7-3-14)35(29,30)32-11-23-21-10-31-22-9-19(26-15-4-5-16(26)13-34-12-15)18(25)8-20(22)27(21)24(28)33-23/h2-3,6-9,15-16,21,23H,4-5,10-13H2,1H3/t15-,16+,21-,23-/m0/s1. The summed E-state index contributed by atoms with van der Waals surface area (Å²) in [5.41, 5.74) is 1.71. The molecule has 4 aliphatic rings. The summed E-state index contributed by atoms with van der Waals surface area (Å²) in [4.78, 5) is 16.3. The number of carbonyl (C=O) groups excluding carboxylic acids is 1. The number of cyclic esters (lactones) is 1. The third-order valence-electron chi connectivity index (χ3n) is 7.12. The Morgan fingerprint density at radius 3 is 2.54 bits per heavy atom. The average molecular weight is 521 g/mol. The van der Waals surface area contributed by atoms with Crippen LogP contribution in [0.25, 0.3) is 0 Å². The van der Waals surface area contributed by atoms with Gasteiger partial charge in [-0.3, -0.25) is 9.08 Å². The smallest absolute Gasteiger partial charge is 0.415 e. The van der Waals surface area contributed by atoms with Crippen LogP contribution in [0.5, 0.6) is 5.75 Å². The zero-order valence-corrected chi connectivity index (χ0v) is 20.7. The first-order valence-corrected chi connectivity index (χ1v) is 14.2. The Morgan fingerprint density at radius 1 is 1.11 bits per heavy atom. The van der Waals surface area contributed by atoms with Crippen LogP contribution in [0.4, 0.5) is 20.6 Å². The molecule has 2 aromatic rings. The zero-order valence-electron chi connectivity index (χ0n) is 19.1. The van der Waals surface area contributed by atoms with Crippen molar-refractivity contribution in [2.75, 3.05) is 34.5 Å². The van der Waals surface area contributed by atoms with Gasteiger partial charge in [-0.05, 0) is 31.9 Å². The first-order valence-electron chi connectivity index (χ1n) is 11.6. The summed E-state index contributed by atoms with van der Waals surface area (Å²) in [7, 11) is -4.03. The molecule has 2 aromatic carbocycles. The maximum atomic E-state index is 15.4. The highest BCUT2D eigenvalue weighted by Crippen LogP contribution is 2.46. The van der Waals surface area contributed by atoms with E-state index < -0.39 is 34.2 Å². The number of carbonyl (C=O) groups is 1. The number of ether oxygens (including phenoxy) is 2. The van der Waals surface area contributed by atoms with E-state index in [1.807, 2.05) is 18.7 Å². The van der Waals surface area contributed by atoms with E-state index in [9.17, 15) is 13.2 Å². The van der Waals surface area contributed by atoms with Gasteiger partial charge in [0.15, 0.2) is 6.10 Å². The van der Waals surface area contributed by atoms with Crippen molar-refractivity contribution in [1.82, 2.24) is 0 Å². The summed E-state index contributed by atoms with van der Waals surface area (Å²) < 4.78 is 57.1. The Kier molecular flexibility index (Phi) is 5.61. The molecular formula is C24H25FN2O6S2. The minimum Gasteiger partial charge on any atom is -0.489 e. The van der Waals surface area contributed by atoms with Crippen molar-refractivity contribution < 1.29 is 31.3 Å². The molecule has 0 aromatic heterocycles. The third-order valence-corrected chi connectivity index (χ3v) is 9.66. The van der Waals surface area contributed by atoms with Gasteiger partial charge in [0.1, 0.15) is 30.8 Å². The number of benzene rings is 2. The molecule has 0 N–H and O–H groups in total. The van der Waals surface area contributed by atoms with Crippen molar-refractivity contribution in [2.24, 2.45) is 0 Å². The first-order chi connectivity index (χ1) is 16.8. The van der Waals surface area contributed by atoms with E-state index in [4.69, 9.17) is 13.7 Å². The van der Waals surface area contributed by atoms with Gasteiger partial charge in [-0.1, -0.05) is 17.7 Å². The number of anilines is 2. The average Bonchev–Trinajstić information content (AvgIpc) is 3.29. The number of rotatable bonds is 5. The topological polar surface area (TPSA) is 85.4 Å². The van der Waals surface area contributed by atoms with Crippen molar-refractivity contribution in [3.8, 4) is 5.75 Å². The molecule has 1 amide bonds. The Labute approximate surface area is 207 Å². The van der Waals surface area contributed by atoms with E-state index in [1.54, 1.807) is 18.2 Å². The molecule has 6 rings (SSSR count). The van der Waals surface area contributed by atoms with Gasteiger partial charge in [-0.2, -0.15) is 20.2 Å². The lowest BCUT2D eigenvalue weighted by atomic mass is 10.1. The van der Waals surface area contributed by atoms with Gasteiger partial charge in [0, 0.05) is 35.7 Å². The highest BCUT2D eigenvalue weighted by molar-refractivity contribution is 7.99. The lowest BCUT2D eigenvalue weighted by Crippen LogP contribution is -2.46. The van der Waals surface area contributed by atoms with E-state index in [-0.39, 0.29) is 23.8 Å². The van der Waals surface area contributed by atoms with Crippen LogP contribution in [0.1, 0.15) is 18.4 Å². The molecule has 8 nitrogen and oxygen atoms in total. The van der Waals surface area contributed by atoms with Crippen LogP contribution >= 0.6 is 11.8 Å². The van der Waals surface area contributed by atoms with Crippen LogP contribution in [0, 0.1) is 12.7 Å². The summed E-state index contributed by atoms with van der Waals surface area (Å²) in [6.07, 6.45) is 0.530. The van der Waals surface area contributed by atoms with Crippen molar-refractivity contribution >= 4 is 39.3 Å². The molecule has 0 spiro atoms. The van der Waals surface area contributed by atoms with Crippen molar-refractivity contribution in [1.29, 1.82) is 0 Å². The van der Waals surface area contributed by atoms with Gasteiger partial charge in [-0.25, -0.2) is 9.18 Å². The van der Waals surface area contributed by atoms with E-state index in [0.29, 0.717) is 23.5 Å². The second-order valence-electron chi connectivity index (χ2n) is 9.32. The summed E-state index contributed by atoms with van der Waals surface area (Å²) in [5.74, 6) is 1.95. The molecule has 4 heterocycles. The van der Waals surface area contributed by atoms with Crippen LogP contribution in [-0.4, -0.2) is 63.5 Å². The molecule has 3 fully saturated rings. The molecule has 186 valence electrons. The second kappa shape index (κ2) is 8.56. The molecule has 4 aliphatic heterocycles. The Hall–Kier alpha value is -2.50. The second-order valence-corrected chi connectivity index (χ2v) is 12.0. The number of thioether (sulfide) groups is 1. The maximum absolute atomic E-state index is 15.4. The molecule has 0 unspecified atom stereocenters. The molecule has 4 atom stereocenters. The lowest BCUT2D eigenvalue weighted by Gasteiger charge is -2.38. The fourth-order valence-corrected chi connectivity index (χ4v) is 7.58. The Bertz CT molecular complexity index is 1260. The largest absolute Gasteiger partial charge is 0.489 e. The number of halogens is 1. The number of fused-ring (bicyclic) bond motifs is 5. The monoisotopic (exact) mass is 520 g/mol. The molecule has 35 heavy (non-hydrogen) atoms. The number of nitrogens with zero attached hydrogens (tertiary/aromatic N) is 2. The Morgan fingerprint density at radius 2 is 1.83 bits per heavy atom. The van der Waals surface area contributed by atoms with Gasteiger partial charge in [0.25, 0.3) is 10.1 Å². The quantitative estimate of drug-likeness (QED) is 0.552. The van der Waals surface area contributed by atoms with Gasteiger partial charge < -0.3 is 14.4 Å². The number of hydrogen-bond acceptors (Lipinski definition) is 8. The summed E-state index contributed by atoms with van der Waals surface area (Å²) in [6, 6.07) is 9.26.